The minimum atomic E-state index is -1.34. The number of aliphatic hydroxyl groups excluding tert-OH is 2. The number of aliphatic hydroxyl groups is 2. The second-order valence-corrected chi connectivity index (χ2v) is 11.0. The molecule has 1 unspecified atom stereocenters. The molecule has 1 heterocycles. The molecule has 14 heteroatoms. The number of nitrogens with zero attached hydrogens (tertiary/aromatic N) is 3. The summed E-state index contributed by atoms with van der Waals surface area (Å²) in [4.78, 5) is 33.4. The van der Waals surface area contributed by atoms with Gasteiger partial charge in [0.05, 0.1) is 35.0 Å². The van der Waals surface area contributed by atoms with Crippen molar-refractivity contribution in [3.8, 4) is 5.75 Å². The average Bonchev–Trinajstić information content (AvgIpc) is 2.96. The normalized spacial score (nSPS) is 15.0. The number of phenolic OH excluding ortho intramolecular Hbond substituents is 1. The Hall–Kier alpha value is -3.13. The molecule has 3 rings (SSSR count). The summed E-state index contributed by atoms with van der Waals surface area (Å²) < 4.78 is 0. The van der Waals surface area contributed by atoms with E-state index in [-0.39, 0.29) is 47.7 Å². The molecule has 12 nitrogen and oxygen atoms in total. The zero-order chi connectivity index (χ0) is 31.5. The van der Waals surface area contributed by atoms with Gasteiger partial charge < -0.3 is 41.7 Å². The van der Waals surface area contributed by atoms with Crippen molar-refractivity contribution in [1.82, 2.24) is 20.4 Å². The number of aliphatic carboxylic acids is 1. The Bertz CT molecular complexity index is 1290. The van der Waals surface area contributed by atoms with E-state index >= 15 is 0 Å². The van der Waals surface area contributed by atoms with Crippen LogP contribution in [0.3, 0.4) is 0 Å². The molecule has 43 heavy (non-hydrogen) atoms. The molecule has 0 saturated carbocycles. The summed E-state index contributed by atoms with van der Waals surface area (Å²) in [7, 11) is 0. The summed E-state index contributed by atoms with van der Waals surface area (Å²) >= 11 is 13.2. The molecule has 1 amide bonds. The van der Waals surface area contributed by atoms with Crippen LogP contribution in [-0.2, 0) is 17.8 Å². The summed E-state index contributed by atoms with van der Waals surface area (Å²) in [5, 5.41) is 45.1. The lowest BCUT2D eigenvalue weighted by atomic mass is 9.96. The molecule has 0 radical (unpaired) electrons. The number of halogens is 2. The van der Waals surface area contributed by atoms with Crippen LogP contribution in [0.15, 0.2) is 35.3 Å². The van der Waals surface area contributed by atoms with Crippen molar-refractivity contribution in [3.05, 3.63) is 62.6 Å². The molecular formula is C29H40Cl2N6O6. The number of benzene rings is 2. The van der Waals surface area contributed by atoms with E-state index in [0.717, 1.165) is 17.5 Å². The number of fused-ring (bicyclic) bond motifs is 1. The minimum absolute atomic E-state index is 0.00447. The number of hydrogen-bond acceptors (Lipinski definition) is 8. The van der Waals surface area contributed by atoms with E-state index in [2.05, 4.69) is 20.5 Å². The van der Waals surface area contributed by atoms with Gasteiger partial charge in [0.25, 0.3) is 5.91 Å². The number of nitrogens with one attached hydrogen (secondary N) is 2. The summed E-state index contributed by atoms with van der Waals surface area (Å²) in [6.45, 7) is 4.15. The number of carboxylic acids is 1. The van der Waals surface area contributed by atoms with Gasteiger partial charge in [-0.25, -0.2) is 9.79 Å². The van der Waals surface area contributed by atoms with E-state index in [0.29, 0.717) is 50.5 Å². The highest BCUT2D eigenvalue weighted by Gasteiger charge is 2.28. The van der Waals surface area contributed by atoms with Crippen LogP contribution in [0.1, 0.15) is 52.9 Å². The molecule has 2 aromatic rings. The molecule has 0 aliphatic carbocycles. The van der Waals surface area contributed by atoms with E-state index in [1.54, 1.807) is 35.2 Å². The molecule has 0 bridgehead atoms. The second-order valence-electron chi connectivity index (χ2n) is 10.2. The third-order valence-corrected chi connectivity index (χ3v) is 7.87. The lowest BCUT2D eigenvalue weighted by Crippen LogP contribution is -2.52. The van der Waals surface area contributed by atoms with Gasteiger partial charge in [0.15, 0.2) is 5.96 Å². The van der Waals surface area contributed by atoms with Gasteiger partial charge in [-0.1, -0.05) is 42.3 Å². The summed E-state index contributed by atoms with van der Waals surface area (Å²) in [5.41, 5.74) is 7.85. The number of carbonyl (C=O) groups excluding carboxylic acids is 1. The average molecular weight is 640 g/mol. The SMILES string of the molecule is CCCN(CCO)C(=NCN)NC[C@H](NC(=O)c1c(Cl)cc2c(c1Cl)CCN(CCC(O)c1cccc(O)c1)C2)C(=O)O. The first-order chi connectivity index (χ1) is 20.6. The number of aromatic hydroxyl groups is 1. The Balaban J connectivity index is 1.68. The Morgan fingerprint density at radius 3 is 2.65 bits per heavy atom. The molecule has 1 aliphatic heterocycles. The molecule has 8 N–H and O–H groups in total. The molecule has 0 fully saturated rings. The number of amides is 1. The molecule has 0 aromatic heterocycles. The predicted molar refractivity (Wildman–Crippen MR) is 165 cm³/mol. The smallest absolute Gasteiger partial charge is 0.328 e. The second kappa shape index (κ2) is 16.6. The predicted octanol–water partition coefficient (Wildman–Crippen LogP) is 1.93. The monoisotopic (exact) mass is 638 g/mol. The molecule has 2 aromatic carbocycles. The summed E-state index contributed by atoms with van der Waals surface area (Å²) in [6.07, 6.45) is 1.03. The summed E-state index contributed by atoms with van der Waals surface area (Å²) in [5.74, 6) is -1.57. The molecular weight excluding hydrogens is 599 g/mol. The maximum Gasteiger partial charge on any atom is 0.328 e. The third-order valence-electron chi connectivity index (χ3n) is 7.16. The van der Waals surface area contributed by atoms with Crippen LogP contribution < -0.4 is 16.4 Å². The summed E-state index contributed by atoms with van der Waals surface area (Å²) in [6, 6.07) is 6.87. The lowest BCUT2D eigenvalue weighted by Gasteiger charge is -2.31. The first-order valence-corrected chi connectivity index (χ1v) is 14.9. The van der Waals surface area contributed by atoms with Gasteiger partial charge in [-0.15, -0.1) is 0 Å². The largest absolute Gasteiger partial charge is 0.508 e. The van der Waals surface area contributed by atoms with Crippen LogP contribution in [0.2, 0.25) is 10.0 Å². The number of nitrogens with two attached hydrogens (primary N) is 1. The van der Waals surface area contributed by atoms with Crippen LogP contribution in [0.5, 0.6) is 5.75 Å². The molecule has 2 atom stereocenters. The van der Waals surface area contributed by atoms with Gasteiger partial charge in [-0.05, 0) is 54.2 Å². The fourth-order valence-corrected chi connectivity index (χ4v) is 5.77. The Labute approximate surface area is 261 Å². The number of aliphatic imine (C=N–C) groups is 1. The van der Waals surface area contributed by atoms with Gasteiger partial charge in [0.2, 0.25) is 0 Å². The van der Waals surface area contributed by atoms with E-state index < -0.39 is 24.0 Å². The Kier molecular flexibility index (Phi) is 13.3. The van der Waals surface area contributed by atoms with Gasteiger partial charge in [-0.3, -0.25) is 9.69 Å². The van der Waals surface area contributed by atoms with Crippen LogP contribution in [0, 0.1) is 0 Å². The van der Waals surface area contributed by atoms with Crippen LogP contribution in [0.4, 0.5) is 0 Å². The van der Waals surface area contributed by atoms with E-state index in [4.69, 9.17) is 28.9 Å². The Morgan fingerprint density at radius 1 is 1.23 bits per heavy atom. The number of carboxylic acid groups (broad SMARTS) is 1. The molecule has 0 spiro atoms. The number of hydrogen-bond donors (Lipinski definition) is 7. The van der Waals surface area contributed by atoms with Crippen molar-refractivity contribution < 1.29 is 30.0 Å². The minimum Gasteiger partial charge on any atom is -0.508 e. The zero-order valence-corrected chi connectivity index (χ0v) is 25.6. The maximum atomic E-state index is 13.3. The fraction of sp³-hybridized carbons (Fsp3) is 0.483. The number of guanidine groups is 1. The standard InChI is InChI=1S/C29H40Cl2N6O6/c1-2-8-37(11-12-38)29(34-17-32)33-15-23(28(42)43)35-27(41)25-22(30)14-19-16-36(9-6-21(19)26(25)31)10-7-24(40)18-4-3-5-20(39)13-18/h3-5,13-14,23-24,38-40H,2,6-12,15-17,32H2,1H3,(H,33,34)(H,35,41)(H,42,43)/t23-,24?/m0/s1. The van der Waals surface area contributed by atoms with Gasteiger partial charge >= 0.3 is 5.97 Å². The first kappa shape index (κ1) is 34.4. The van der Waals surface area contributed by atoms with Gasteiger partial charge in [-0.2, -0.15) is 0 Å². The molecule has 1 aliphatic rings. The van der Waals surface area contributed by atoms with Crippen molar-refractivity contribution in [2.24, 2.45) is 10.7 Å². The lowest BCUT2D eigenvalue weighted by molar-refractivity contribution is -0.139. The van der Waals surface area contributed by atoms with E-state index in [1.807, 2.05) is 6.92 Å². The Morgan fingerprint density at radius 2 is 2.00 bits per heavy atom. The number of carbonyl (C=O) groups is 2. The van der Waals surface area contributed by atoms with Crippen molar-refractivity contribution in [2.75, 3.05) is 46.0 Å². The van der Waals surface area contributed by atoms with Gasteiger partial charge in [0, 0.05) is 39.3 Å². The van der Waals surface area contributed by atoms with Crippen molar-refractivity contribution >= 4 is 41.0 Å². The molecule has 236 valence electrons. The number of phenols is 1. The highest BCUT2D eigenvalue weighted by atomic mass is 35.5. The van der Waals surface area contributed by atoms with Crippen molar-refractivity contribution in [3.63, 3.8) is 0 Å². The van der Waals surface area contributed by atoms with Gasteiger partial charge in [0.1, 0.15) is 11.8 Å². The van der Waals surface area contributed by atoms with Crippen molar-refractivity contribution in [2.45, 2.75) is 44.9 Å². The maximum absolute atomic E-state index is 13.3. The van der Waals surface area contributed by atoms with Crippen LogP contribution in [0.25, 0.3) is 0 Å². The number of rotatable bonds is 14. The van der Waals surface area contributed by atoms with Crippen LogP contribution in [-0.4, -0.2) is 100 Å². The van der Waals surface area contributed by atoms with E-state index in [9.17, 15) is 30.0 Å². The highest BCUT2D eigenvalue weighted by Crippen LogP contribution is 2.35. The highest BCUT2D eigenvalue weighted by molar-refractivity contribution is 6.40. The zero-order valence-electron chi connectivity index (χ0n) is 24.1. The van der Waals surface area contributed by atoms with Crippen LogP contribution >= 0.6 is 23.2 Å². The quantitative estimate of drug-likeness (QED) is 0.119. The third kappa shape index (κ3) is 9.43. The van der Waals surface area contributed by atoms with Crippen molar-refractivity contribution in [1.29, 1.82) is 0 Å². The first-order valence-electron chi connectivity index (χ1n) is 14.2. The molecule has 0 saturated heterocycles. The fourth-order valence-electron chi connectivity index (χ4n) is 5.01. The topological polar surface area (TPSA) is 184 Å². The van der Waals surface area contributed by atoms with E-state index in [1.165, 1.54) is 0 Å².